The maximum atomic E-state index is 12.1. The van der Waals surface area contributed by atoms with Gasteiger partial charge in [0.2, 0.25) is 0 Å². The van der Waals surface area contributed by atoms with E-state index in [0.717, 1.165) is 11.3 Å². The summed E-state index contributed by atoms with van der Waals surface area (Å²) in [6.45, 7) is 4.54. The van der Waals surface area contributed by atoms with Crippen molar-refractivity contribution >= 4 is 11.7 Å². The number of anilines is 1. The number of carbonyl (C=O) groups excluding carboxylic acids is 1. The molecule has 1 aromatic carbocycles. The molecule has 0 aliphatic rings. The lowest BCUT2D eigenvalue weighted by molar-refractivity contribution is 0.128. The highest BCUT2D eigenvalue weighted by atomic mass is 16.5. The van der Waals surface area contributed by atoms with E-state index in [9.17, 15) is 4.79 Å². The van der Waals surface area contributed by atoms with Crippen LogP contribution < -0.4 is 10.6 Å². The molecule has 0 spiro atoms. The van der Waals surface area contributed by atoms with Gasteiger partial charge in [0.05, 0.1) is 12.6 Å². The van der Waals surface area contributed by atoms with Crippen LogP contribution >= 0.6 is 0 Å². The Morgan fingerprint density at radius 3 is 2.70 bits per heavy atom. The van der Waals surface area contributed by atoms with E-state index in [1.54, 1.807) is 19.1 Å². The van der Waals surface area contributed by atoms with E-state index in [1.165, 1.54) is 0 Å². The molecule has 1 rings (SSSR count). The molecule has 0 aromatic heterocycles. The standard InChI is InChI=1S/C15H25N3O2/c1-11(10-20-5)18(4)15(19)17-14-8-6-7-13(9-14)12(2)16-3/h6-9,11-12,16H,10H2,1-5H3,(H,17,19). The van der Waals surface area contributed by atoms with Crippen molar-refractivity contribution in [2.45, 2.75) is 25.9 Å². The first kappa shape index (κ1) is 16.5. The van der Waals surface area contributed by atoms with E-state index in [-0.39, 0.29) is 18.1 Å². The maximum absolute atomic E-state index is 12.1. The van der Waals surface area contributed by atoms with E-state index in [0.29, 0.717) is 6.61 Å². The highest BCUT2D eigenvalue weighted by Gasteiger charge is 2.15. The van der Waals surface area contributed by atoms with E-state index in [1.807, 2.05) is 38.2 Å². The molecular weight excluding hydrogens is 254 g/mol. The summed E-state index contributed by atoms with van der Waals surface area (Å²) < 4.78 is 5.06. The zero-order valence-corrected chi connectivity index (χ0v) is 12.9. The number of ether oxygens (including phenoxy) is 1. The van der Waals surface area contributed by atoms with Gasteiger partial charge in [0.15, 0.2) is 0 Å². The van der Waals surface area contributed by atoms with Gasteiger partial charge in [-0.1, -0.05) is 12.1 Å². The summed E-state index contributed by atoms with van der Waals surface area (Å²) in [5, 5.41) is 6.08. The van der Waals surface area contributed by atoms with Crippen LogP contribution in [-0.4, -0.2) is 44.8 Å². The van der Waals surface area contributed by atoms with Crippen molar-refractivity contribution in [3.8, 4) is 0 Å². The van der Waals surface area contributed by atoms with Crippen molar-refractivity contribution in [2.75, 3.05) is 33.1 Å². The molecule has 0 radical (unpaired) electrons. The van der Waals surface area contributed by atoms with E-state index >= 15 is 0 Å². The highest BCUT2D eigenvalue weighted by molar-refractivity contribution is 5.89. The van der Waals surface area contributed by atoms with Crippen molar-refractivity contribution in [3.63, 3.8) is 0 Å². The maximum Gasteiger partial charge on any atom is 0.321 e. The first-order valence-electron chi connectivity index (χ1n) is 6.79. The normalized spacial score (nSPS) is 13.7. The fourth-order valence-electron chi connectivity index (χ4n) is 1.82. The first-order valence-corrected chi connectivity index (χ1v) is 6.79. The minimum Gasteiger partial charge on any atom is -0.383 e. The van der Waals surface area contributed by atoms with Crippen molar-refractivity contribution in [1.82, 2.24) is 10.2 Å². The Hall–Kier alpha value is -1.59. The average molecular weight is 279 g/mol. The first-order chi connectivity index (χ1) is 9.49. The van der Waals surface area contributed by atoms with Crippen LogP contribution in [0, 0.1) is 0 Å². The second-order valence-electron chi connectivity index (χ2n) is 4.98. The van der Waals surface area contributed by atoms with Gasteiger partial charge in [0.25, 0.3) is 0 Å². The molecule has 5 nitrogen and oxygen atoms in total. The van der Waals surface area contributed by atoms with Crippen molar-refractivity contribution in [1.29, 1.82) is 0 Å². The van der Waals surface area contributed by atoms with Crippen LogP contribution in [0.15, 0.2) is 24.3 Å². The van der Waals surface area contributed by atoms with Crippen molar-refractivity contribution < 1.29 is 9.53 Å². The molecule has 2 N–H and O–H groups in total. The Bertz CT molecular complexity index is 437. The summed E-state index contributed by atoms with van der Waals surface area (Å²) in [5.74, 6) is 0. The van der Waals surface area contributed by atoms with Gasteiger partial charge >= 0.3 is 6.03 Å². The van der Waals surface area contributed by atoms with Gasteiger partial charge in [-0.2, -0.15) is 0 Å². The summed E-state index contributed by atoms with van der Waals surface area (Å²) in [6, 6.07) is 7.98. The average Bonchev–Trinajstić information content (AvgIpc) is 2.46. The Kier molecular flexibility index (Phi) is 6.48. The fourth-order valence-corrected chi connectivity index (χ4v) is 1.82. The second kappa shape index (κ2) is 7.87. The molecule has 0 saturated heterocycles. The molecule has 2 amide bonds. The number of nitrogens with one attached hydrogen (secondary N) is 2. The summed E-state index contributed by atoms with van der Waals surface area (Å²) in [4.78, 5) is 13.8. The smallest absolute Gasteiger partial charge is 0.321 e. The van der Waals surface area contributed by atoms with Gasteiger partial charge in [-0.25, -0.2) is 4.79 Å². The van der Waals surface area contributed by atoms with Crippen LogP contribution in [0.3, 0.4) is 0 Å². The van der Waals surface area contributed by atoms with Crippen LogP contribution in [-0.2, 0) is 4.74 Å². The third kappa shape index (κ3) is 4.51. The SMILES string of the molecule is CNC(C)c1cccc(NC(=O)N(C)C(C)COC)c1. The Morgan fingerprint density at radius 2 is 2.10 bits per heavy atom. The lowest BCUT2D eigenvalue weighted by atomic mass is 10.1. The number of methoxy groups -OCH3 is 1. The van der Waals surface area contributed by atoms with E-state index in [4.69, 9.17) is 4.74 Å². The number of benzene rings is 1. The third-order valence-electron chi connectivity index (χ3n) is 3.46. The highest BCUT2D eigenvalue weighted by Crippen LogP contribution is 2.17. The molecule has 112 valence electrons. The number of rotatable bonds is 6. The summed E-state index contributed by atoms with van der Waals surface area (Å²) in [5.41, 5.74) is 1.93. The summed E-state index contributed by atoms with van der Waals surface area (Å²) in [6.07, 6.45) is 0. The summed E-state index contributed by atoms with van der Waals surface area (Å²) >= 11 is 0. The van der Waals surface area contributed by atoms with Crippen molar-refractivity contribution in [2.24, 2.45) is 0 Å². The Balaban J connectivity index is 2.70. The molecule has 0 heterocycles. The van der Waals surface area contributed by atoms with Gasteiger partial charge in [-0.3, -0.25) is 0 Å². The van der Waals surface area contributed by atoms with Crippen LogP contribution in [0.1, 0.15) is 25.5 Å². The molecule has 2 atom stereocenters. The number of nitrogens with zero attached hydrogens (tertiary/aromatic N) is 1. The molecule has 0 fully saturated rings. The molecule has 0 saturated carbocycles. The van der Waals surface area contributed by atoms with Gasteiger partial charge in [-0.15, -0.1) is 0 Å². The monoisotopic (exact) mass is 279 g/mol. The van der Waals surface area contributed by atoms with Crippen LogP contribution in [0.25, 0.3) is 0 Å². The zero-order valence-electron chi connectivity index (χ0n) is 12.9. The molecule has 0 bridgehead atoms. The van der Waals surface area contributed by atoms with Crippen LogP contribution in [0.2, 0.25) is 0 Å². The fraction of sp³-hybridized carbons (Fsp3) is 0.533. The molecule has 2 unspecified atom stereocenters. The molecular formula is C15H25N3O2. The van der Waals surface area contributed by atoms with Gasteiger partial charge in [-0.05, 0) is 38.6 Å². The predicted molar refractivity (Wildman–Crippen MR) is 82.0 cm³/mol. The van der Waals surface area contributed by atoms with Crippen molar-refractivity contribution in [3.05, 3.63) is 29.8 Å². The minimum atomic E-state index is -0.135. The van der Waals surface area contributed by atoms with E-state index in [2.05, 4.69) is 17.6 Å². The van der Waals surface area contributed by atoms with Crippen LogP contribution in [0.4, 0.5) is 10.5 Å². The quantitative estimate of drug-likeness (QED) is 0.841. The van der Waals surface area contributed by atoms with Gasteiger partial charge in [0, 0.05) is 25.9 Å². The lowest BCUT2D eigenvalue weighted by Crippen LogP contribution is -2.40. The Morgan fingerprint density at radius 1 is 1.40 bits per heavy atom. The summed E-state index contributed by atoms with van der Waals surface area (Å²) in [7, 11) is 5.31. The largest absolute Gasteiger partial charge is 0.383 e. The number of hydrogen-bond donors (Lipinski definition) is 2. The van der Waals surface area contributed by atoms with Gasteiger partial charge < -0.3 is 20.3 Å². The molecule has 5 heteroatoms. The number of amides is 2. The van der Waals surface area contributed by atoms with Crippen LogP contribution in [0.5, 0.6) is 0 Å². The van der Waals surface area contributed by atoms with E-state index < -0.39 is 0 Å². The number of likely N-dealkylation sites (N-methyl/N-ethyl adjacent to an activating group) is 1. The predicted octanol–water partition coefficient (Wildman–Crippen LogP) is 2.47. The molecule has 1 aromatic rings. The molecule has 0 aliphatic heterocycles. The molecule has 0 aliphatic carbocycles. The number of hydrogen-bond acceptors (Lipinski definition) is 3. The lowest BCUT2D eigenvalue weighted by Gasteiger charge is -2.24. The molecule has 20 heavy (non-hydrogen) atoms. The zero-order chi connectivity index (χ0) is 15.1. The number of carbonyl (C=O) groups is 1. The third-order valence-corrected chi connectivity index (χ3v) is 3.46. The topological polar surface area (TPSA) is 53.6 Å². The Labute approximate surface area is 121 Å². The second-order valence-corrected chi connectivity index (χ2v) is 4.98. The van der Waals surface area contributed by atoms with Gasteiger partial charge in [0.1, 0.15) is 0 Å². The minimum absolute atomic E-state index is 0.0272. The number of urea groups is 1.